The standard InChI is InChI=1S/C11H21NO2/c1-8(13)12-11(2,3)9-4-6-10(14)7-5-9/h9-10,14H,4-7H2,1-3H3,(H,12,13). The topological polar surface area (TPSA) is 49.3 Å². The molecular formula is C11H21NO2. The van der Waals surface area contributed by atoms with Gasteiger partial charge in [-0.3, -0.25) is 4.79 Å². The van der Waals surface area contributed by atoms with E-state index in [9.17, 15) is 9.90 Å². The fourth-order valence-electron chi connectivity index (χ4n) is 2.35. The number of carbonyl (C=O) groups excluding carboxylic acids is 1. The summed E-state index contributed by atoms with van der Waals surface area (Å²) < 4.78 is 0. The molecular weight excluding hydrogens is 178 g/mol. The predicted octanol–water partition coefficient (Wildman–Crippen LogP) is 1.45. The molecule has 1 aliphatic carbocycles. The van der Waals surface area contributed by atoms with Crippen LogP contribution in [0.25, 0.3) is 0 Å². The Labute approximate surface area is 85.9 Å². The first-order chi connectivity index (χ1) is 6.42. The number of hydrogen-bond donors (Lipinski definition) is 2. The van der Waals surface area contributed by atoms with E-state index in [-0.39, 0.29) is 17.6 Å². The molecule has 3 nitrogen and oxygen atoms in total. The molecule has 0 unspecified atom stereocenters. The van der Waals surface area contributed by atoms with Gasteiger partial charge in [0, 0.05) is 12.5 Å². The first-order valence-corrected chi connectivity index (χ1v) is 5.38. The van der Waals surface area contributed by atoms with Crippen molar-refractivity contribution in [2.45, 2.75) is 58.1 Å². The number of aliphatic hydroxyl groups is 1. The molecule has 1 rings (SSSR count). The lowest BCUT2D eigenvalue weighted by molar-refractivity contribution is -0.121. The van der Waals surface area contributed by atoms with Crippen LogP contribution in [-0.2, 0) is 4.79 Å². The maximum atomic E-state index is 11.0. The zero-order valence-electron chi connectivity index (χ0n) is 9.34. The largest absolute Gasteiger partial charge is 0.393 e. The molecule has 0 aromatic rings. The second-order valence-corrected chi connectivity index (χ2v) is 4.91. The summed E-state index contributed by atoms with van der Waals surface area (Å²) in [5.41, 5.74) is -0.133. The number of nitrogens with one attached hydrogen (secondary N) is 1. The van der Waals surface area contributed by atoms with E-state index in [2.05, 4.69) is 19.2 Å². The van der Waals surface area contributed by atoms with Gasteiger partial charge < -0.3 is 10.4 Å². The van der Waals surface area contributed by atoms with Crippen LogP contribution in [0.5, 0.6) is 0 Å². The van der Waals surface area contributed by atoms with Crippen LogP contribution in [0.15, 0.2) is 0 Å². The van der Waals surface area contributed by atoms with Crippen LogP contribution in [-0.4, -0.2) is 22.7 Å². The smallest absolute Gasteiger partial charge is 0.217 e. The molecule has 0 radical (unpaired) electrons. The molecule has 0 aliphatic heterocycles. The van der Waals surface area contributed by atoms with Gasteiger partial charge >= 0.3 is 0 Å². The molecule has 3 heteroatoms. The minimum Gasteiger partial charge on any atom is -0.393 e. The van der Waals surface area contributed by atoms with Crippen molar-refractivity contribution in [2.75, 3.05) is 0 Å². The van der Waals surface area contributed by atoms with Crippen molar-refractivity contribution in [2.24, 2.45) is 5.92 Å². The van der Waals surface area contributed by atoms with Crippen LogP contribution in [0.1, 0.15) is 46.5 Å². The van der Waals surface area contributed by atoms with Gasteiger partial charge in [-0.15, -0.1) is 0 Å². The van der Waals surface area contributed by atoms with Gasteiger partial charge in [0.15, 0.2) is 0 Å². The normalized spacial score (nSPS) is 28.6. The van der Waals surface area contributed by atoms with E-state index in [0.717, 1.165) is 25.7 Å². The average Bonchev–Trinajstić information content (AvgIpc) is 2.02. The average molecular weight is 199 g/mol. The summed E-state index contributed by atoms with van der Waals surface area (Å²) in [7, 11) is 0. The first-order valence-electron chi connectivity index (χ1n) is 5.38. The molecule has 1 fully saturated rings. The van der Waals surface area contributed by atoms with Crippen molar-refractivity contribution in [3.05, 3.63) is 0 Å². The summed E-state index contributed by atoms with van der Waals surface area (Å²) in [6.45, 7) is 5.69. The Bertz CT molecular complexity index is 205. The van der Waals surface area contributed by atoms with Crippen LogP contribution in [0.2, 0.25) is 0 Å². The highest BCUT2D eigenvalue weighted by Gasteiger charge is 2.32. The molecule has 14 heavy (non-hydrogen) atoms. The van der Waals surface area contributed by atoms with Crippen molar-refractivity contribution >= 4 is 5.91 Å². The van der Waals surface area contributed by atoms with Gasteiger partial charge in [-0.25, -0.2) is 0 Å². The lowest BCUT2D eigenvalue weighted by Crippen LogP contribution is -2.49. The summed E-state index contributed by atoms with van der Waals surface area (Å²) in [6, 6.07) is 0. The van der Waals surface area contributed by atoms with E-state index in [1.54, 1.807) is 6.92 Å². The molecule has 1 amide bonds. The van der Waals surface area contributed by atoms with Crippen LogP contribution in [0, 0.1) is 5.92 Å². The Morgan fingerprint density at radius 3 is 2.21 bits per heavy atom. The van der Waals surface area contributed by atoms with E-state index in [0.29, 0.717) is 5.92 Å². The number of rotatable bonds is 2. The van der Waals surface area contributed by atoms with Crippen molar-refractivity contribution < 1.29 is 9.90 Å². The molecule has 0 heterocycles. The molecule has 1 saturated carbocycles. The van der Waals surface area contributed by atoms with Gasteiger partial charge in [0.05, 0.1) is 6.10 Å². The van der Waals surface area contributed by atoms with Gasteiger partial charge in [-0.1, -0.05) is 0 Å². The van der Waals surface area contributed by atoms with Crippen molar-refractivity contribution in [3.8, 4) is 0 Å². The maximum absolute atomic E-state index is 11.0. The van der Waals surface area contributed by atoms with Gasteiger partial charge in [-0.05, 0) is 45.4 Å². The highest BCUT2D eigenvalue weighted by molar-refractivity contribution is 5.73. The van der Waals surface area contributed by atoms with Gasteiger partial charge in [-0.2, -0.15) is 0 Å². The molecule has 0 aromatic heterocycles. The summed E-state index contributed by atoms with van der Waals surface area (Å²) in [5, 5.41) is 12.4. The highest BCUT2D eigenvalue weighted by Crippen LogP contribution is 2.32. The second-order valence-electron chi connectivity index (χ2n) is 4.91. The van der Waals surface area contributed by atoms with Gasteiger partial charge in [0.25, 0.3) is 0 Å². The number of hydrogen-bond acceptors (Lipinski definition) is 2. The predicted molar refractivity (Wildman–Crippen MR) is 55.9 cm³/mol. The molecule has 82 valence electrons. The number of aliphatic hydroxyl groups excluding tert-OH is 1. The van der Waals surface area contributed by atoms with Crippen LogP contribution < -0.4 is 5.32 Å². The molecule has 0 atom stereocenters. The molecule has 1 aliphatic rings. The van der Waals surface area contributed by atoms with Crippen molar-refractivity contribution in [3.63, 3.8) is 0 Å². The molecule has 0 saturated heterocycles. The minimum absolute atomic E-state index is 0.0288. The Morgan fingerprint density at radius 2 is 1.79 bits per heavy atom. The summed E-state index contributed by atoms with van der Waals surface area (Å²) >= 11 is 0. The first kappa shape index (κ1) is 11.5. The zero-order chi connectivity index (χ0) is 10.8. The SMILES string of the molecule is CC(=O)NC(C)(C)C1CCC(O)CC1. The fourth-order valence-corrected chi connectivity index (χ4v) is 2.35. The quantitative estimate of drug-likeness (QED) is 0.707. The summed E-state index contributed by atoms with van der Waals surface area (Å²) in [5.74, 6) is 0.524. The zero-order valence-corrected chi connectivity index (χ0v) is 9.34. The van der Waals surface area contributed by atoms with Crippen LogP contribution >= 0.6 is 0 Å². The van der Waals surface area contributed by atoms with E-state index in [1.807, 2.05) is 0 Å². The second kappa shape index (κ2) is 4.30. The summed E-state index contributed by atoms with van der Waals surface area (Å²) in [6.07, 6.45) is 3.63. The van der Waals surface area contributed by atoms with E-state index >= 15 is 0 Å². The number of amides is 1. The van der Waals surface area contributed by atoms with Gasteiger partial charge in [0.2, 0.25) is 5.91 Å². The highest BCUT2D eigenvalue weighted by atomic mass is 16.3. The van der Waals surface area contributed by atoms with E-state index in [4.69, 9.17) is 0 Å². The maximum Gasteiger partial charge on any atom is 0.217 e. The molecule has 0 aromatic carbocycles. The Morgan fingerprint density at radius 1 is 1.29 bits per heavy atom. The molecule has 0 bridgehead atoms. The summed E-state index contributed by atoms with van der Waals surface area (Å²) in [4.78, 5) is 11.0. The number of carbonyl (C=O) groups is 1. The van der Waals surface area contributed by atoms with Crippen LogP contribution in [0.4, 0.5) is 0 Å². The third-order valence-corrected chi connectivity index (χ3v) is 3.22. The van der Waals surface area contributed by atoms with E-state index in [1.165, 1.54) is 0 Å². The third-order valence-electron chi connectivity index (χ3n) is 3.22. The Kier molecular flexibility index (Phi) is 3.53. The molecule has 0 spiro atoms. The fraction of sp³-hybridized carbons (Fsp3) is 0.909. The lowest BCUT2D eigenvalue weighted by atomic mass is 9.76. The monoisotopic (exact) mass is 199 g/mol. The Hall–Kier alpha value is -0.570. The van der Waals surface area contributed by atoms with Crippen molar-refractivity contribution in [1.82, 2.24) is 5.32 Å². The third kappa shape index (κ3) is 2.98. The van der Waals surface area contributed by atoms with Crippen molar-refractivity contribution in [1.29, 1.82) is 0 Å². The van der Waals surface area contributed by atoms with Gasteiger partial charge in [0.1, 0.15) is 0 Å². The van der Waals surface area contributed by atoms with E-state index < -0.39 is 0 Å². The minimum atomic E-state index is -0.133. The van der Waals surface area contributed by atoms with Crippen LogP contribution in [0.3, 0.4) is 0 Å². The Balaban J connectivity index is 2.50. The lowest BCUT2D eigenvalue weighted by Gasteiger charge is -2.38. The molecule has 2 N–H and O–H groups in total.